The first kappa shape index (κ1) is 12.0. The van der Waals surface area contributed by atoms with Gasteiger partial charge in [-0.15, -0.1) is 0 Å². The summed E-state index contributed by atoms with van der Waals surface area (Å²) in [5, 5.41) is 0. The molecule has 0 bridgehead atoms. The molecule has 0 fully saturated rings. The zero-order valence-corrected chi connectivity index (χ0v) is 8.77. The minimum atomic E-state index is -2.80. The molecular formula is C10H11F2NOS. The standard InChI is InChI=1S/C10H11F2NOS/c11-10(12)14-8-3-1-7(2-4-8)9(15)5-6-13/h1-4,10H,5-6,13H2. The van der Waals surface area contributed by atoms with Gasteiger partial charge in [0.05, 0.1) is 0 Å². The lowest BCUT2D eigenvalue weighted by molar-refractivity contribution is -0.0498. The Bertz CT molecular complexity index is 327. The molecule has 0 aromatic heterocycles. The van der Waals surface area contributed by atoms with Crippen molar-refractivity contribution in [1.82, 2.24) is 0 Å². The second-order valence-corrected chi connectivity index (χ2v) is 3.36. The van der Waals surface area contributed by atoms with Crippen molar-refractivity contribution in [3.8, 4) is 5.75 Å². The maximum Gasteiger partial charge on any atom is 0.387 e. The third kappa shape index (κ3) is 3.89. The van der Waals surface area contributed by atoms with E-state index in [4.69, 9.17) is 18.0 Å². The van der Waals surface area contributed by atoms with Crippen LogP contribution >= 0.6 is 12.2 Å². The van der Waals surface area contributed by atoms with Crippen LogP contribution < -0.4 is 10.5 Å². The van der Waals surface area contributed by atoms with E-state index in [2.05, 4.69) is 4.74 Å². The van der Waals surface area contributed by atoms with E-state index in [1.165, 1.54) is 12.1 Å². The molecule has 0 atom stereocenters. The summed E-state index contributed by atoms with van der Waals surface area (Å²) in [4.78, 5) is 0.723. The Morgan fingerprint density at radius 3 is 2.40 bits per heavy atom. The molecule has 15 heavy (non-hydrogen) atoms. The summed E-state index contributed by atoms with van der Waals surface area (Å²) >= 11 is 5.08. The van der Waals surface area contributed by atoms with Crippen molar-refractivity contribution >= 4 is 17.1 Å². The highest BCUT2D eigenvalue weighted by Crippen LogP contribution is 2.16. The van der Waals surface area contributed by atoms with Gasteiger partial charge in [-0.1, -0.05) is 24.4 Å². The molecule has 82 valence electrons. The van der Waals surface area contributed by atoms with Crippen molar-refractivity contribution in [3.63, 3.8) is 0 Å². The van der Waals surface area contributed by atoms with E-state index < -0.39 is 6.61 Å². The van der Waals surface area contributed by atoms with Gasteiger partial charge in [-0.2, -0.15) is 8.78 Å². The van der Waals surface area contributed by atoms with Crippen LogP contribution in [0.4, 0.5) is 8.78 Å². The first-order chi connectivity index (χ1) is 7.13. The topological polar surface area (TPSA) is 35.2 Å². The summed E-state index contributed by atoms with van der Waals surface area (Å²) in [7, 11) is 0. The van der Waals surface area contributed by atoms with Gasteiger partial charge in [-0.05, 0) is 30.7 Å². The van der Waals surface area contributed by atoms with Gasteiger partial charge in [0.15, 0.2) is 0 Å². The summed E-state index contributed by atoms with van der Waals surface area (Å²) in [6.45, 7) is -2.32. The average Bonchev–Trinajstić information content (AvgIpc) is 2.18. The molecule has 0 spiro atoms. The lowest BCUT2D eigenvalue weighted by Crippen LogP contribution is -2.07. The molecule has 2 nitrogen and oxygen atoms in total. The Labute approximate surface area is 92.0 Å². The fourth-order valence-electron chi connectivity index (χ4n) is 1.10. The lowest BCUT2D eigenvalue weighted by Gasteiger charge is -2.06. The Kier molecular flexibility index (Phi) is 4.58. The third-order valence-electron chi connectivity index (χ3n) is 1.77. The van der Waals surface area contributed by atoms with Gasteiger partial charge in [-0.3, -0.25) is 0 Å². The first-order valence-electron chi connectivity index (χ1n) is 4.41. The molecule has 0 saturated heterocycles. The molecule has 1 aromatic rings. The van der Waals surface area contributed by atoms with Crippen molar-refractivity contribution in [2.24, 2.45) is 5.73 Å². The number of thiocarbonyl (C=S) groups is 1. The number of halogens is 2. The monoisotopic (exact) mass is 231 g/mol. The second-order valence-electron chi connectivity index (χ2n) is 2.86. The molecule has 0 amide bonds. The van der Waals surface area contributed by atoms with E-state index in [0.29, 0.717) is 13.0 Å². The van der Waals surface area contributed by atoms with Gasteiger partial charge in [0.25, 0.3) is 0 Å². The summed E-state index contributed by atoms with van der Waals surface area (Å²) in [6.07, 6.45) is 0.615. The zero-order valence-electron chi connectivity index (χ0n) is 7.95. The van der Waals surface area contributed by atoms with Crippen molar-refractivity contribution in [2.75, 3.05) is 6.54 Å². The number of hydrogen-bond donors (Lipinski definition) is 1. The van der Waals surface area contributed by atoms with Crippen LogP contribution in [0.2, 0.25) is 0 Å². The Hall–Kier alpha value is -1.07. The van der Waals surface area contributed by atoms with Crippen LogP contribution in [-0.2, 0) is 0 Å². The van der Waals surface area contributed by atoms with Gasteiger partial charge in [0, 0.05) is 4.86 Å². The molecular weight excluding hydrogens is 220 g/mol. The molecule has 0 aliphatic heterocycles. The van der Waals surface area contributed by atoms with Crippen LogP contribution in [0.3, 0.4) is 0 Å². The second kappa shape index (κ2) is 5.72. The summed E-state index contributed by atoms with van der Waals surface area (Å²) in [5.41, 5.74) is 6.17. The highest BCUT2D eigenvalue weighted by atomic mass is 32.1. The van der Waals surface area contributed by atoms with E-state index in [-0.39, 0.29) is 5.75 Å². The molecule has 0 aliphatic carbocycles. The van der Waals surface area contributed by atoms with E-state index in [0.717, 1.165) is 10.4 Å². The van der Waals surface area contributed by atoms with E-state index in [1.807, 2.05) is 0 Å². The Balaban J connectivity index is 2.67. The largest absolute Gasteiger partial charge is 0.435 e. The number of benzene rings is 1. The normalized spacial score (nSPS) is 10.4. The Morgan fingerprint density at radius 1 is 1.33 bits per heavy atom. The minimum absolute atomic E-state index is 0.129. The number of alkyl halides is 2. The number of rotatable bonds is 5. The third-order valence-corrected chi connectivity index (χ3v) is 2.21. The molecule has 0 aliphatic rings. The van der Waals surface area contributed by atoms with E-state index in [1.54, 1.807) is 12.1 Å². The quantitative estimate of drug-likeness (QED) is 0.624. The van der Waals surface area contributed by atoms with Crippen LogP contribution in [0, 0.1) is 0 Å². The minimum Gasteiger partial charge on any atom is -0.435 e. The molecule has 0 radical (unpaired) electrons. The van der Waals surface area contributed by atoms with Gasteiger partial charge in [-0.25, -0.2) is 0 Å². The lowest BCUT2D eigenvalue weighted by atomic mass is 10.1. The molecule has 0 heterocycles. The van der Waals surface area contributed by atoms with Crippen molar-refractivity contribution in [1.29, 1.82) is 0 Å². The van der Waals surface area contributed by atoms with Crippen LogP contribution in [0.1, 0.15) is 12.0 Å². The predicted molar refractivity (Wildman–Crippen MR) is 58.4 cm³/mol. The fraction of sp³-hybridized carbons (Fsp3) is 0.300. The molecule has 0 unspecified atom stereocenters. The first-order valence-corrected chi connectivity index (χ1v) is 4.82. The van der Waals surface area contributed by atoms with Gasteiger partial charge in [0.2, 0.25) is 0 Å². The zero-order chi connectivity index (χ0) is 11.3. The van der Waals surface area contributed by atoms with E-state index in [9.17, 15) is 8.78 Å². The maximum atomic E-state index is 11.8. The molecule has 1 rings (SSSR count). The van der Waals surface area contributed by atoms with Crippen LogP contribution in [0.5, 0.6) is 5.75 Å². The maximum absolute atomic E-state index is 11.8. The number of ether oxygens (including phenoxy) is 1. The van der Waals surface area contributed by atoms with Crippen molar-refractivity contribution in [2.45, 2.75) is 13.0 Å². The molecule has 1 aromatic carbocycles. The molecule has 0 saturated carbocycles. The van der Waals surface area contributed by atoms with Crippen LogP contribution in [0.15, 0.2) is 24.3 Å². The van der Waals surface area contributed by atoms with Crippen molar-refractivity contribution in [3.05, 3.63) is 29.8 Å². The van der Waals surface area contributed by atoms with Gasteiger partial charge >= 0.3 is 6.61 Å². The predicted octanol–water partition coefficient (Wildman–Crippen LogP) is 2.35. The van der Waals surface area contributed by atoms with Gasteiger partial charge < -0.3 is 10.5 Å². The average molecular weight is 231 g/mol. The summed E-state index contributed by atoms with van der Waals surface area (Å²) in [5.74, 6) is 0.129. The van der Waals surface area contributed by atoms with Crippen LogP contribution in [0.25, 0.3) is 0 Å². The smallest absolute Gasteiger partial charge is 0.387 e. The van der Waals surface area contributed by atoms with E-state index >= 15 is 0 Å². The fourth-order valence-corrected chi connectivity index (χ4v) is 1.35. The van der Waals surface area contributed by atoms with Crippen molar-refractivity contribution < 1.29 is 13.5 Å². The number of nitrogens with two attached hydrogens (primary N) is 1. The Morgan fingerprint density at radius 2 is 1.93 bits per heavy atom. The van der Waals surface area contributed by atoms with Crippen LogP contribution in [-0.4, -0.2) is 18.0 Å². The summed E-state index contributed by atoms with van der Waals surface area (Å²) < 4.78 is 27.9. The van der Waals surface area contributed by atoms with Gasteiger partial charge in [0.1, 0.15) is 5.75 Å². The highest BCUT2D eigenvalue weighted by molar-refractivity contribution is 7.80. The molecule has 2 N–H and O–H groups in total. The molecule has 5 heteroatoms. The SMILES string of the molecule is NCCC(=S)c1ccc(OC(F)F)cc1. The highest BCUT2D eigenvalue weighted by Gasteiger charge is 2.05. The summed E-state index contributed by atoms with van der Waals surface area (Å²) in [6, 6.07) is 6.22. The number of hydrogen-bond acceptors (Lipinski definition) is 3.